The Hall–Kier alpha value is -1.59. The Morgan fingerprint density at radius 1 is 1.15 bits per heavy atom. The molecule has 0 saturated carbocycles. The summed E-state index contributed by atoms with van der Waals surface area (Å²) in [7, 11) is 0. The molecule has 2 rings (SSSR count). The van der Waals surface area contributed by atoms with E-state index in [2.05, 4.69) is 16.0 Å². The van der Waals surface area contributed by atoms with Crippen molar-refractivity contribution in [3.05, 3.63) is 23.8 Å². The van der Waals surface area contributed by atoms with E-state index >= 15 is 0 Å². The lowest BCUT2D eigenvalue weighted by Gasteiger charge is -2.22. The molecular weight excluding hydrogens is 350 g/mol. The van der Waals surface area contributed by atoms with Gasteiger partial charge in [0.05, 0.1) is 0 Å². The number of anilines is 2. The minimum Gasteiger partial charge on any atom is -0.326 e. The standard InChI is InChI=1S/C20H31N3O2.ClH/c1-14-5-7-16(13-17(14)23-19(25)20(2,3)4)22-18(24)8-6-15-9-11-21-12-10-15;/h5,7,13,15,21H,6,8-12H2,1-4H3,(H,22,24)(H,23,25);1H. The van der Waals surface area contributed by atoms with Gasteiger partial charge in [0.15, 0.2) is 0 Å². The first-order chi connectivity index (χ1) is 11.8. The van der Waals surface area contributed by atoms with Crippen LogP contribution in [0.2, 0.25) is 0 Å². The number of carbonyl (C=O) groups is 2. The minimum atomic E-state index is -0.458. The fraction of sp³-hybridized carbons (Fsp3) is 0.600. The van der Waals surface area contributed by atoms with Crippen molar-refractivity contribution in [2.45, 2.75) is 53.4 Å². The third-order valence-corrected chi connectivity index (χ3v) is 4.69. The molecule has 146 valence electrons. The number of hydrogen-bond donors (Lipinski definition) is 3. The van der Waals surface area contributed by atoms with Gasteiger partial charge in [-0.2, -0.15) is 0 Å². The normalized spacial score (nSPS) is 15.1. The molecule has 1 saturated heterocycles. The Morgan fingerprint density at radius 2 is 1.81 bits per heavy atom. The summed E-state index contributed by atoms with van der Waals surface area (Å²) in [6.45, 7) is 9.70. The van der Waals surface area contributed by atoms with Crippen LogP contribution in [0.3, 0.4) is 0 Å². The van der Waals surface area contributed by atoms with Crippen LogP contribution in [0.1, 0.15) is 52.0 Å². The van der Waals surface area contributed by atoms with Gasteiger partial charge in [-0.15, -0.1) is 12.4 Å². The number of piperidine rings is 1. The SMILES string of the molecule is Cc1ccc(NC(=O)CCC2CCNCC2)cc1NC(=O)C(C)(C)C.Cl. The summed E-state index contributed by atoms with van der Waals surface area (Å²) in [5.74, 6) is 0.645. The highest BCUT2D eigenvalue weighted by Crippen LogP contribution is 2.24. The molecular formula is C20H32ClN3O2. The first-order valence-electron chi connectivity index (χ1n) is 9.18. The van der Waals surface area contributed by atoms with Crippen LogP contribution in [-0.2, 0) is 9.59 Å². The van der Waals surface area contributed by atoms with Crippen LogP contribution in [-0.4, -0.2) is 24.9 Å². The molecule has 1 aliphatic rings. The van der Waals surface area contributed by atoms with E-state index in [1.807, 2.05) is 45.9 Å². The largest absolute Gasteiger partial charge is 0.326 e. The summed E-state index contributed by atoms with van der Waals surface area (Å²) in [6, 6.07) is 5.63. The second-order valence-electron chi connectivity index (χ2n) is 8.01. The number of hydrogen-bond acceptors (Lipinski definition) is 3. The molecule has 1 aromatic rings. The van der Waals surface area contributed by atoms with E-state index in [4.69, 9.17) is 0 Å². The summed E-state index contributed by atoms with van der Waals surface area (Å²) in [4.78, 5) is 24.4. The van der Waals surface area contributed by atoms with Gasteiger partial charge in [0.1, 0.15) is 0 Å². The summed E-state index contributed by atoms with van der Waals surface area (Å²) in [5.41, 5.74) is 1.99. The minimum absolute atomic E-state index is 0. The molecule has 0 bridgehead atoms. The molecule has 0 aromatic heterocycles. The van der Waals surface area contributed by atoms with Crippen molar-refractivity contribution in [3.63, 3.8) is 0 Å². The first-order valence-corrected chi connectivity index (χ1v) is 9.18. The van der Waals surface area contributed by atoms with Gasteiger partial charge < -0.3 is 16.0 Å². The molecule has 5 nitrogen and oxygen atoms in total. The average Bonchev–Trinajstić information content (AvgIpc) is 2.56. The Balaban J connectivity index is 0.00000338. The summed E-state index contributed by atoms with van der Waals surface area (Å²) in [5, 5.41) is 9.25. The van der Waals surface area contributed by atoms with Crippen molar-refractivity contribution in [2.75, 3.05) is 23.7 Å². The quantitative estimate of drug-likeness (QED) is 0.718. The zero-order valence-corrected chi connectivity index (χ0v) is 17.1. The fourth-order valence-corrected chi connectivity index (χ4v) is 2.87. The lowest BCUT2D eigenvalue weighted by Crippen LogP contribution is -2.28. The van der Waals surface area contributed by atoms with E-state index < -0.39 is 5.41 Å². The molecule has 3 N–H and O–H groups in total. The summed E-state index contributed by atoms with van der Waals surface area (Å²) >= 11 is 0. The van der Waals surface area contributed by atoms with Gasteiger partial charge in [-0.05, 0) is 62.9 Å². The lowest BCUT2D eigenvalue weighted by molar-refractivity contribution is -0.123. The third-order valence-electron chi connectivity index (χ3n) is 4.69. The van der Waals surface area contributed by atoms with Gasteiger partial charge >= 0.3 is 0 Å². The second-order valence-corrected chi connectivity index (χ2v) is 8.01. The average molecular weight is 382 g/mol. The van der Waals surface area contributed by atoms with Gasteiger partial charge in [-0.3, -0.25) is 9.59 Å². The molecule has 0 radical (unpaired) electrons. The van der Waals surface area contributed by atoms with Crippen molar-refractivity contribution < 1.29 is 9.59 Å². The van der Waals surface area contributed by atoms with Crippen molar-refractivity contribution >= 4 is 35.6 Å². The highest BCUT2D eigenvalue weighted by atomic mass is 35.5. The van der Waals surface area contributed by atoms with Crippen molar-refractivity contribution in [1.82, 2.24) is 5.32 Å². The zero-order chi connectivity index (χ0) is 18.4. The lowest BCUT2D eigenvalue weighted by atomic mass is 9.93. The van der Waals surface area contributed by atoms with Crippen LogP contribution in [0.5, 0.6) is 0 Å². The molecule has 1 aliphatic heterocycles. The fourth-order valence-electron chi connectivity index (χ4n) is 2.87. The Bertz CT molecular complexity index is 620. The van der Waals surface area contributed by atoms with Crippen molar-refractivity contribution in [1.29, 1.82) is 0 Å². The molecule has 26 heavy (non-hydrogen) atoms. The van der Waals surface area contributed by atoms with Gasteiger partial charge in [0.2, 0.25) is 11.8 Å². The Kier molecular flexibility index (Phi) is 8.57. The maximum atomic E-state index is 12.2. The number of nitrogens with one attached hydrogen (secondary N) is 3. The maximum absolute atomic E-state index is 12.2. The molecule has 0 spiro atoms. The molecule has 0 aliphatic carbocycles. The van der Waals surface area contributed by atoms with Crippen LogP contribution >= 0.6 is 12.4 Å². The molecule has 1 fully saturated rings. The Labute approximate surface area is 163 Å². The van der Waals surface area contributed by atoms with Gasteiger partial charge in [-0.25, -0.2) is 0 Å². The van der Waals surface area contributed by atoms with E-state index in [0.717, 1.165) is 49.3 Å². The third kappa shape index (κ3) is 6.96. The van der Waals surface area contributed by atoms with Gasteiger partial charge in [-0.1, -0.05) is 26.8 Å². The number of carbonyl (C=O) groups excluding carboxylic acids is 2. The van der Waals surface area contributed by atoms with E-state index in [-0.39, 0.29) is 24.2 Å². The zero-order valence-electron chi connectivity index (χ0n) is 16.3. The summed E-state index contributed by atoms with van der Waals surface area (Å²) in [6.07, 6.45) is 3.79. The maximum Gasteiger partial charge on any atom is 0.229 e. The number of amides is 2. The second kappa shape index (κ2) is 9.93. The first kappa shape index (κ1) is 22.5. The van der Waals surface area contributed by atoms with Gasteiger partial charge in [0, 0.05) is 23.2 Å². The van der Waals surface area contributed by atoms with E-state index in [9.17, 15) is 9.59 Å². The molecule has 0 atom stereocenters. The number of benzene rings is 1. The molecule has 1 aromatic carbocycles. The highest BCUT2D eigenvalue weighted by molar-refractivity contribution is 5.97. The molecule has 6 heteroatoms. The van der Waals surface area contributed by atoms with Crippen LogP contribution in [0.4, 0.5) is 11.4 Å². The number of aryl methyl sites for hydroxylation is 1. The van der Waals surface area contributed by atoms with E-state index in [1.54, 1.807) is 0 Å². The molecule has 0 unspecified atom stereocenters. The monoisotopic (exact) mass is 381 g/mol. The van der Waals surface area contributed by atoms with E-state index in [0.29, 0.717) is 12.3 Å². The topological polar surface area (TPSA) is 70.2 Å². The van der Waals surface area contributed by atoms with Gasteiger partial charge in [0.25, 0.3) is 0 Å². The molecule has 2 amide bonds. The van der Waals surface area contributed by atoms with Crippen LogP contribution in [0.15, 0.2) is 18.2 Å². The van der Waals surface area contributed by atoms with Crippen LogP contribution < -0.4 is 16.0 Å². The van der Waals surface area contributed by atoms with E-state index in [1.165, 1.54) is 0 Å². The number of rotatable bonds is 5. The predicted octanol–water partition coefficient (Wildman–Crippen LogP) is 4.12. The van der Waals surface area contributed by atoms with Crippen molar-refractivity contribution in [3.8, 4) is 0 Å². The predicted molar refractivity (Wildman–Crippen MR) is 110 cm³/mol. The van der Waals surface area contributed by atoms with Crippen LogP contribution in [0.25, 0.3) is 0 Å². The Morgan fingerprint density at radius 3 is 2.42 bits per heavy atom. The smallest absolute Gasteiger partial charge is 0.229 e. The summed E-state index contributed by atoms with van der Waals surface area (Å²) < 4.78 is 0. The number of halogens is 1. The highest BCUT2D eigenvalue weighted by Gasteiger charge is 2.22. The van der Waals surface area contributed by atoms with Crippen LogP contribution in [0, 0.1) is 18.3 Å². The molecule has 1 heterocycles. The van der Waals surface area contributed by atoms with Crippen molar-refractivity contribution in [2.24, 2.45) is 11.3 Å².